The fraction of sp³-hybridized carbons (Fsp3) is 0.357. The number of aryl methyl sites for hydroxylation is 2. The van der Waals surface area contributed by atoms with Crippen molar-refractivity contribution in [2.45, 2.75) is 67.0 Å². The van der Waals surface area contributed by atoms with Gasteiger partial charge in [-0.15, -0.1) is 11.1 Å². The maximum atomic E-state index is 11.2. The van der Waals surface area contributed by atoms with E-state index in [0.29, 0.717) is 22.5 Å². The summed E-state index contributed by atoms with van der Waals surface area (Å²) in [5.74, 6) is 5.95. The molecular formula is C28H32N4O4Si2. The lowest BCUT2D eigenvalue weighted by Crippen LogP contribution is -2.16. The minimum atomic E-state index is -1.74. The Kier molecular flexibility index (Phi) is 10.3. The average molecular weight is 545 g/mol. The second kappa shape index (κ2) is 12.3. The van der Waals surface area contributed by atoms with Gasteiger partial charge in [-0.25, -0.2) is 4.85 Å². The van der Waals surface area contributed by atoms with E-state index >= 15 is 0 Å². The highest BCUT2D eigenvalue weighted by Crippen LogP contribution is 2.36. The molecule has 196 valence electrons. The number of nitro benzene ring substituents is 2. The van der Waals surface area contributed by atoms with Crippen LogP contribution in [0.3, 0.4) is 0 Å². The number of benzene rings is 2. The van der Waals surface area contributed by atoms with Crippen molar-refractivity contribution in [3.8, 4) is 22.9 Å². The van der Waals surface area contributed by atoms with Gasteiger partial charge >= 0.3 is 11.4 Å². The summed E-state index contributed by atoms with van der Waals surface area (Å²) in [6.07, 6.45) is 0. The summed E-state index contributed by atoms with van der Waals surface area (Å²) in [5, 5.41) is 22.2. The Morgan fingerprint density at radius 2 is 1.18 bits per heavy atom. The van der Waals surface area contributed by atoms with Gasteiger partial charge in [-0.3, -0.25) is 25.1 Å². The second-order valence-corrected chi connectivity index (χ2v) is 20.4. The molecule has 0 unspecified atom stereocenters. The molecular weight excluding hydrogens is 513 g/mol. The Labute approximate surface area is 227 Å². The molecule has 0 saturated carbocycles. The Bertz CT molecular complexity index is 1510. The van der Waals surface area contributed by atoms with E-state index in [1.54, 1.807) is 19.9 Å². The summed E-state index contributed by atoms with van der Waals surface area (Å²) in [6.45, 7) is 34.2. The zero-order chi connectivity index (χ0) is 29.6. The molecule has 0 radical (unpaired) electrons. The van der Waals surface area contributed by atoms with Crippen molar-refractivity contribution in [2.24, 2.45) is 0 Å². The number of nitro groups is 2. The lowest BCUT2D eigenvalue weighted by molar-refractivity contribution is -0.422. The first kappa shape index (κ1) is 31.8. The van der Waals surface area contributed by atoms with Crippen molar-refractivity contribution in [1.29, 1.82) is 0 Å². The summed E-state index contributed by atoms with van der Waals surface area (Å²) in [4.78, 5) is 27.7. The third-order valence-corrected chi connectivity index (χ3v) is 7.08. The van der Waals surface area contributed by atoms with Crippen LogP contribution in [0, 0.1) is 84.0 Å². The quantitative estimate of drug-likeness (QED) is 0.126. The molecule has 0 aliphatic rings. The monoisotopic (exact) mass is 544 g/mol. The molecule has 2 aromatic rings. The van der Waals surface area contributed by atoms with Crippen LogP contribution < -0.4 is 0 Å². The van der Waals surface area contributed by atoms with E-state index in [1.807, 2.05) is 33.5 Å². The summed E-state index contributed by atoms with van der Waals surface area (Å²) in [5.41, 5.74) is 10.3. The van der Waals surface area contributed by atoms with Crippen LogP contribution in [0.1, 0.15) is 33.4 Å². The van der Waals surface area contributed by atoms with Gasteiger partial charge in [0.2, 0.25) is 5.69 Å². The molecule has 0 spiro atoms. The third kappa shape index (κ3) is 8.42. The minimum absolute atomic E-state index is 0.157. The van der Waals surface area contributed by atoms with Gasteiger partial charge in [0.25, 0.3) is 0 Å². The van der Waals surface area contributed by atoms with E-state index in [9.17, 15) is 20.2 Å². The van der Waals surface area contributed by atoms with Gasteiger partial charge in [-0.1, -0.05) is 62.8 Å². The van der Waals surface area contributed by atoms with Crippen molar-refractivity contribution in [3.63, 3.8) is 0 Å². The van der Waals surface area contributed by atoms with Crippen LogP contribution in [0.4, 0.5) is 22.7 Å². The molecule has 0 saturated heterocycles. The molecule has 0 fully saturated rings. The standard InChI is InChI=1S/C15H16N2Si.C13H16N2O4Si/c1-11-10-14(16-3)15(17-4)13(12(11)2)8-9-18(5,6)7;1-9-8-12(14(16)17)13(15(18)19)11(10(9)2)6-7-20(3,4)5/h10H,1-2,5-7H3;8H,1-5H3. The molecule has 0 atom stereocenters. The number of rotatable bonds is 2. The van der Waals surface area contributed by atoms with Gasteiger partial charge in [0.05, 0.1) is 23.0 Å². The topological polar surface area (TPSA) is 95.0 Å². The molecule has 38 heavy (non-hydrogen) atoms. The van der Waals surface area contributed by atoms with Gasteiger partial charge in [0.1, 0.15) is 21.7 Å². The zero-order valence-corrected chi connectivity index (χ0v) is 25.6. The second-order valence-electron chi connectivity index (χ2n) is 10.9. The Hall–Kier alpha value is -4.23. The molecule has 2 rings (SSSR count). The number of hydrogen-bond donors (Lipinski definition) is 0. The van der Waals surface area contributed by atoms with E-state index in [2.05, 4.69) is 52.3 Å². The molecule has 0 aromatic heterocycles. The Morgan fingerprint density at radius 1 is 0.737 bits per heavy atom. The van der Waals surface area contributed by atoms with Gasteiger partial charge in [0, 0.05) is 11.6 Å². The summed E-state index contributed by atoms with van der Waals surface area (Å²) >= 11 is 0. The maximum Gasteiger partial charge on any atom is 0.361 e. The Balaban J connectivity index is 0.000000382. The smallest absolute Gasteiger partial charge is 0.258 e. The van der Waals surface area contributed by atoms with E-state index in [1.165, 1.54) is 6.07 Å². The van der Waals surface area contributed by atoms with Crippen LogP contribution in [0.2, 0.25) is 39.3 Å². The predicted molar refractivity (Wildman–Crippen MR) is 158 cm³/mol. The first-order valence-corrected chi connectivity index (χ1v) is 18.7. The van der Waals surface area contributed by atoms with Crippen LogP contribution in [0.5, 0.6) is 0 Å². The fourth-order valence-electron chi connectivity index (χ4n) is 3.10. The Morgan fingerprint density at radius 3 is 1.58 bits per heavy atom. The molecule has 0 aliphatic heterocycles. The third-order valence-electron chi connectivity index (χ3n) is 5.33. The van der Waals surface area contributed by atoms with Crippen molar-refractivity contribution in [3.05, 3.63) is 88.6 Å². The number of nitrogens with zero attached hydrogens (tertiary/aromatic N) is 4. The normalized spacial score (nSPS) is 10.3. The summed E-state index contributed by atoms with van der Waals surface area (Å²) < 4.78 is 0. The summed E-state index contributed by atoms with van der Waals surface area (Å²) in [7, 11) is -3.22. The van der Waals surface area contributed by atoms with Gasteiger partial charge in [-0.05, 0) is 44.4 Å². The molecule has 0 aliphatic carbocycles. The molecule has 0 heterocycles. The molecule has 0 N–H and O–H groups in total. The van der Waals surface area contributed by atoms with Crippen LogP contribution in [0.15, 0.2) is 12.1 Å². The van der Waals surface area contributed by atoms with E-state index in [-0.39, 0.29) is 5.56 Å². The highest BCUT2D eigenvalue weighted by atomic mass is 28.3. The molecule has 0 bridgehead atoms. The van der Waals surface area contributed by atoms with Crippen LogP contribution in [-0.2, 0) is 0 Å². The van der Waals surface area contributed by atoms with E-state index in [0.717, 1.165) is 16.7 Å². The van der Waals surface area contributed by atoms with Crippen LogP contribution >= 0.6 is 0 Å². The van der Waals surface area contributed by atoms with Crippen LogP contribution in [0.25, 0.3) is 9.69 Å². The zero-order valence-electron chi connectivity index (χ0n) is 23.6. The number of hydrogen-bond acceptors (Lipinski definition) is 4. The molecule has 8 nitrogen and oxygen atoms in total. The first-order chi connectivity index (χ1) is 17.3. The van der Waals surface area contributed by atoms with Gasteiger partial charge in [-0.2, -0.15) is 0 Å². The van der Waals surface area contributed by atoms with Gasteiger partial charge in [0.15, 0.2) is 5.69 Å². The van der Waals surface area contributed by atoms with Crippen molar-refractivity contribution in [1.82, 2.24) is 0 Å². The average Bonchev–Trinajstić information content (AvgIpc) is 2.78. The van der Waals surface area contributed by atoms with Gasteiger partial charge < -0.3 is 0 Å². The van der Waals surface area contributed by atoms with E-state index < -0.39 is 37.4 Å². The lowest BCUT2D eigenvalue weighted by Gasteiger charge is -2.09. The summed E-state index contributed by atoms with van der Waals surface area (Å²) in [6, 6.07) is 3.00. The fourth-order valence-corrected chi connectivity index (χ4v) is 4.10. The highest BCUT2D eigenvalue weighted by molar-refractivity contribution is 6.84. The lowest BCUT2D eigenvalue weighted by atomic mass is 10.0. The highest BCUT2D eigenvalue weighted by Gasteiger charge is 2.30. The van der Waals surface area contributed by atoms with Crippen molar-refractivity contribution < 1.29 is 9.85 Å². The molecule has 10 heteroatoms. The first-order valence-electron chi connectivity index (χ1n) is 11.7. The maximum absolute atomic E-state index is 11.2. The molecule has 0 amide bonds. The van der Waals surface area contributed by atoms with Crippen molar-refractivity contribution >= 4 is 38.9 Å². The SMILES string of the molecule is Cc1cc([N+](=O)[O-])c([N+](=O)[O-])c(C#C[Si](C)(C)C)c1C.[C-]#[N+]c1cc(C)c(C)c(C#C[Si](C)(C)C)c1[N+]#[C-]. The predicted octanol–water partition coefficient (Wildman–Crippen LogP) is 7.98. The molecule has 2 aromatic carbocycles. The van der Waals surface area contributed by atoms with Crippen molar-refractivity contribution in [2.75, 3.05) is 0 Å². The largest absolute Gasteiger partial charge is 0.361 e. The van der Waals surface area contributed by atoms with E-state index in [4.69, 9.17) is 13.1 Å². The minimum Gasteiger partial charge on any atom is -0.258 e. The van der Waals surface area contributed by atoms with Crippen LogP contribution in [-0.4, -0.2) is 26.0 Å².